The van der Waals surface area contributed by atoms with Crippen LogP contribution in [0.5, 0.6) is 5.88 Å². The lowest BCUT2D eigenvalue weighted by Crippen LogP contribution is -2.49. The van der Waals surface area contributed by atoms with Crippen molar-refractivity contribution in [2.45, 2.75) is 13.8 Å². The summed E-state index contributed by atoms with van der Waals surface area (Å²) in [4.78, 5) is 25.0. The molecule has 7 heteroatoms. The van der Waals surface area contributed by atoms with Crippen molar-refractivity contribution in [3.63, 3.8) is 0 Å². The first-order valence-electron chi connectivity index (χ1n) is 7.73. The Morgan fingerprint density at radius 1 is 1.30 bits per heavy atom. The fourth-order valence-electron chi connectivity index (χ4n) is 2.56. The SMILES string of the molecule is CCOc1ccnc(N2CCN(C(=O)c3occc3C)CC2)n1. The number of aryl methyl sites for hydroxylation is 1. The van der Waals surface area contributed by atoms with Crippen molar-refractivity contribution in [3.05, 3.63) is 35.9 Å². The predicted octanol–water partition coefficient (Wildman–Crippen LogP) is 1.74. The molecule has 1 amide bonds. The van der Waals surface area contributed by atoms with Crippen LogP contribution in [0.1, 0.15) is 23.0 Å². The lowest BCUT2D eigenvalue weighted by atomic mass is 10.2. The van der Waals surface area contributed by atoms with Crippen LogP contribution < -0.4 is 9.64 Å². The molecule has 1 aliphatic rings. The Balaban J connectivity index is 1.63. The highest BCUT2D eigenvalue weighted by Gasteiger charge is 2.26. The van der Waals surface area contributed by atoms with Gasteiger partial charge in [0.05, 0.1) is 12.9 Å². The minimum Gasteiger partial charge on any atom is -0.478 e. The van der Waals surface area contributed by atoms with Gasteiger partial charge in [-0.1, -0.05) is 0 Å². The van der Waals surface area contributed by atoms with E-state index in [-0.39, 0.29) is 5.91 Å². The normalized spacial score (nSPS) is 14.9. The van der Waals surface area contributed by atoms with E-state index >= 15 is 0 Å². The third kappa shape index (κ3) is 3.28. The summed E-state index contributed by atoms with van der Waals surface area (Å²) in [5.74, 6) is 1.57. The summed E-state index contributed by atoms with van der Waals surface area (Å²) in [7, 11) is 0. The van der Waals surface area contributed by atoms with Crippen LogP contribution in [-0.2, 0) is 0 Å². The van der Waals surface area contributed by atoms with E-state index in [4.69, 9.17) is 9.15 Å². The van der Waals surface area contributed by atoms with Crippen LogP contribution >= 0.6 is 0 Å². The molecule has 0 radical (unpaired) electrons. The second kappa shape index (κ2) is 6.68. The number of hydrogen-bond acceptors (Lipinski definition) is 6. The van der Waals surface area contributed by atoms with E-state index < -0.39 is 0 Å². The van der Waals surface area contributed by atoms with E-state index in [0.29, 0.717) is 50.4 Å². The summed E-state index contributed by atoms with van der Waals surface area (Å²) < 4.78 is 10.7. The Morgan fingerprint density at radius 3 is 2.74 bits per heavy atom. The maximum absolute atomic E-state index is 12.4. The number of furan rings is 1. The summed E-state index contributed by atoms with van der Waals surface area (Å²) in [6.45, 7) is 6.95. The summed E-state index contributed by atoms with van der Waals surface area (Å²) in [6.07, 6.45) is 3.24. The Kier molecular flexibility index (Phi) is 4.45. The third-order valence-electron chi connectivity index (χ3n) is 3.82. The quantitative estimate of drug-likeness (QED) is 0.855. The highest BCUT2D eigenvalue weighted by Crippen LogP contribution is 2.17. The highest BCUT2D eigenvalue weighted by molar-refractivity contribution is 5.93. The van der Waals surface area contributed by atoms with E-state index in [9.17, 15) is 4.79 Å². The molecule has 0 bridgehead atoms. The molecule has 2 aromatic rings. The zero-order valence-electron chi connectivity index (χ0n) is 13.4. The van der Waals surface area contributed by atoms with Crippen LogP contribution in [0.3, 0.4) is 0 Å². The van der Waals surface area contributed by atoms with Crippen LogP contribution in [0.4, 0.5) is 5.95 Å². The lowest BCUT2D eigenvalue weighted by molar-refractivity contribution is 0.0713. The van der Waals surface area contributed by atoms with Crippen LogP contribution in [0.2, 0.25) is 0 Å². The molecular formula is C16H20N4O3. The molecule has 1 saturated heterocycles. The van der Waals surface area contributed by atoms with Crippen LogP contribution in [0, 0.1) is 6.92 Å². The number of hydrogen-bond donors (Lipinski definition) is 0. The Bertz CT molecular complexity index is 677. The van der Waals surface area contributed by atoms with E-state index in [0.717, 1.165) is 5.56 Å². The van der Waals surface area contributed by atoms with Crippen molar-refractivity contribution >= 4 is 11.9 Å². The number of carbonyl (C=O) groups is 1. The molecule has 0 atom stereocenters. The van der Waals surface area contributed by atoms with Gasteiger partial charge in [0, 0.05) is 44.0 Å². The molecule has 0 aliphatic carbocycles. The van der Waals surface area contributed by atoms with Gasteiger partial charge in [0.15, 0.2) is 5.76 Å². The third-order valence-corrected chi connectivity index (χ3v) is 3.82. The van der Waals surface area contributed by atoms with Gasteiger partial charge in [-0.15, -0.1) is 0 Å². The molecule has 122 valence electrons. The van der Waals surface area contributed by atoms with Gasteiger partial charge in [0.1, 0.15) is 0 Å². The van der Waals surface area contributed by atoms with Gasteiger partial charge in [-0.2, -0.15) is 4.98 Å². The van der Waals surface area contributed by atoms with Crippen molar-refractivity contribution < 1.29 is 13.9 Å². The summed E-state index contributed by atoms with van der Waals surface area (Å²) in [5, 5.41) is 0. The number of ether oxygens (including phenoxy) is 1. The molecule has 0 saturated carbocycles. The molecule has 2 aromatic heterocycles. The average Bonchev–Trinajstić information content (AvgIpc) is 3.01. The second-order valence-corrected chi connectivity index (χ2v) is 5.34. The monoisotopic (exact) mass is 316 g/mol. The zero-order chi connectivity index (χ0) is 16.2. The number of amides is 1. The zero-order valence-corrected chi connectivity index (χ0v) is 13.4. The topological polar surface area (TPSA) is 71.7 Å². The average molecular weight is 316 g/mol. The molecule has 0 spiro atoms. The Labute approximate surface area is 134 Å². The van der Waals surface area contributed by atoms with E-state index in [1.54, 1.807) is 29.5 Å². The van der Waals surface area contributed by atoms with E-state index in [1.807, 2.05) is 13.8 Å². The van der Waals surface area contributed by atoms with Gasteiger partial charge in [0.2, 0.25) is 11.8 Å². The summed E-state index contributed by atoms with van der Waals surface area (Å²) >= 11 is 0. The highest BCUT2D eigenvalue weighted by atomic mass is 16.5. The van der Waals surface area contributed by atoms with Gasteiger partial charge in [-0.3, -0.25) is 4.79 Å². The van der Waals surface area contributed by atoms with E-state index in [1.165, 1.54) is 0 Å². The predicted molar refractivity (Wildman–Crippen MR) is 84.8 cm³/mol. The van der Waals surface area contributed by atoms with Gasteiger partial charge in [-0.25, -0.2) is 4.98 Å². The molecule has 7 nitrogen and oxygen atoms in total. The number of aromatic nitrogens is 2. The first-order chi connectivity index (χ1) is 11.2. The Morgan fingerprint density at radius 2 is 2.09 bits per heavy atom. The molecule has 0 unspecified atom stereocenters. The standard InChI is InChI=1S/C16H20N4O3/c1-3-22-13-4-6-17-16(18-13)20-9-7-19(8-10-20)15(21)14-12(2)5-11-23-14/h4-6,11H,3,7-10H2,1-2H3. The molecular weight excluding hydrogens is 296 g/mol. The molecule has 23 heavy (non-hydrogen) atoms. The first-order valence-corrected chi connectivity index (χ1v) is 7.73. The van der Waals surface area contributed by atoms with Gasteiger partial charge >= 0.3 is 0 Å². The van der Waals surface area contributed by atoms with Gasteiger partial charge in [-0.05, 0) is 19.9 Å². The maximum Gasteiger partial charge on any atom is 0.289 e. The Hall–Kier alpha value is -2.57. The number of anilines is 1. The summed E-state index contributed by atoms with van der Waals surface area (Å²) in [6, 6.07) is 3.54. The van der Waals surface area contributed by atoms with Crippen molar-refractivity contribution in [1.29, 1.82) is 0 Å². The minimum absolute atomic E-state index is 0.0591. The number of carbonyl (C=O) groups excluding carboxylic acids is 1. The van der Waals surface area contributed by atoms with Crippen LogP contribution in [0.15, 0.2) is 29.0 Å². The smallest absolute Gasteiger partial charge is 0.289 e. The largest absolute Gasteiger partial charge is 0.478 e. The van der Waals surface area contributed by atoms with Crippen molar-refractivity contribution in [2.75, 3.05) is 37.7 Å². The minimum atomic E-state index is -0.0591. The second-order valence-electron chi connectivity index (χ2n) is 5.34. The molecule has 1 aliphatic heterocycles. The molecule has 1 fully saturated rings. The van der Waals surface area contributed by atoms with Crippen LogP contribution in [-0.4, -0.2) is 53.6 Å². The number of nitrogens with zero attached hydrogens (tertiary/aromatic N) is 4. The molecule has 3 heterocycles. The number of piperazine rings is 1. The number of rotatable bonds is 4. The first kappa shape index (κ1) is 15.3. The van der Waals surface area contributed by atoms with Crippen LogP contribution in [0.25, 0.3) is 0 Å². The maximum atomic E-state index is 12.4. The lowest BCUT2D eigenvalue weighted by Gasteiger charge is -2.34. The van der Waals surface area contributed by atoms with Gasteiger partial charge in [0.25, 0.3) is 5.91 Å². The molecule has 3 rings (SSSR count). The van der Waals surface area contributed by atoms with Crippen molar-refractivity contribution in [1.82, 2.24) is 14.9 Å². The molecule has 0 N–H and O–H groups in total. The van der Waals surface area contributed by atoms with E-state index in [2.05, 4.69) is 14.9 Å². The summed E-state index contributed by atoms with van der Waals surface area (Å²) in [5.41, 5.74) is 0.866. The van der Waals surface area contributed by atoms with Crippen molar-refractivity contribution in [3.8, 4) is 5.88 Å². The van der Waals surface area contributed by atoms with Gasteiger partial charge < -0.3 is 19.0 Å². The fourth-order valence-corrected chi connectivity index (χ4v) is 2.56. The molecule has 0 aromatic carbocycles. The fraction of sp³-hybridized carbons (Fsp3) is 0.438. The van der Waals surface area contributed by atoms with Crippen molar-refractivity contribution in [2.24, 2.45) is 0 Å².